The minimum Gasteiger partial charge on any atom is -0.397 e. The number of H-pyrrole nitrogens is 3. The van der Waals surface area contributed by atoms with E-state index >= 15 is 26.3 Å². The van der Waals surface area contributed by atoms with E-state index in [0.717, 1.165) is 9.36 Å². The van der Waals surface area contributed by atoms with Crippen molar-refractivity contribution in [3.63, 3.8) is 0 Å². The number of nitrogens with one attached hydrogen (secondary N) is 3. The number of fused-ring (bicyclic) bond motifs is 15. The van der Waals surface area contributed by atoms with Gasteiger partial charge in [-0.25, -0.2) is 61.2 Å². The van der Waals surface area contributed by atoms with E-state index in [4.69, 9.17) is 182 Å². The number of halogens is 6. The number of nitrogen functional groups attached to an aromatic ring is 5. The van der Waals surface area contributed by atoms with Gasteiger partial charge in [-0.05, 0) is 95.1 Å². The molecule has 9 fully saturated rings. The smallest absolute Gasteiger partial charge is 0.325 e. The quantitative estimate of drug-likeness (QED) is 0.0820. The first-order valence-electron chi connectivity index (χ1n) is 38.7. The lowest BCUT2D eigenvalue weighted by Gasteiger charge is -2.27. The fourth-order valence-corrected chi connectivity index (χ4v) is 24.3. The van der Waals surface area contributed by atoms with Gasteiger partial charge in [0.05, 0.1) is 87.5 Å². The lowest BCUT2D eigenvalue weighted by Crippen LogP contribution is -2.34. The van der Waals surface area contributed by atoms with Gasteiger partial charge in [-0.15, -0.1) is 10.2 Å². The number of hydrogen-bond acceptors (Lipinski definition) is 45. The number of aromatic nitrogens is 22. The van der Waals surface area contributed by atoms with Crippen LogP contribution >= 0.6 is 40.3 Å². The fourth-order valence-electron chi connectivity index (χ4n) is 15.7. The lowest BCUT2D eigenvalue weighted by atomic mass is 10.1. The molecule has 21 heterocycles. The Morgan fingerprint density at radius 2 is 0.634 bits per heavy atom. The van der Waals surface area contributed by atoms with Gasteiger partial charge in [0.1, 0.15) is 89.8 Å². The Labute approximate surface area is 770 Å². The molecule has 12 aromatic rings. The molecule has 6 unspecified atom stereocenters. The molecule has 6 bridgehead atoms. The van der Waals surface area contributed by atoms with E-state index in [0.29, 0.717) is 11.2 Å². The Morgan fingerprint density at radius 1 is 0.343 bits per heavy atom. The van der Waals surface area contributed by atoms with Crippen LogP contribution in [0.5, 0.6) is 0 Å². The van der Waals surface area contributed by atoms with Crippen molar-refractivity contribution in [2.24, 2.45) is 0 Å². The van der Waals surface area contributed by atoms with Crippen LogP contribution < -0.4 is 45.3 Å². The third-order valence-electron chi connectivity index (χ3n) is 21.8. The monoisotopic (exact) mass is 2110 g/mol. The lowest BCUT2D eigenvalue weighted by molar-refractivity contribution is -0.0639. The summed E-state index contributed by atoms with van der Waals surface area (Å²) in [7, 11) is 0. The van der Waals surface area contributed by atoms with Crippen LogP contribution in [-0.4, -0.2) is 287 Å². The topological polar surface area (TPSA) is 713 Å². The van der Waals surface area contributed by atoms with Gasteiger partial charge in [-0.3, -0.25) is 65.2 Å². The third kappa shape index (κ3) is 18.4. The molecular weight excluding hydrogens is 2050 g/mol. The number of imidazole rings is 4. The number of hydrogen-bond donors (Lipinski definition) is 14. The van der Waals surface area contributed by atoms with Crippen LogP contribution in [0.25, 0.3) is 66.9 Å². The van der Waals surface area contributed by atoms with Gasteiger partial charge in [0.25, 0.3) is 16.7 Å². The van der Waals surface area contributed by atoms with E-state index in [1.165, 1.54) is 92.6 Å². The van der Waals surface area contributed by atoms with Crippen molar-refractivity contribution >= 4 is 207 Å². The molecule has 72 heteroatoms. The number of rotatable bonds is 6. The molecule has 21 rings (SSSR count). The van der Waals surface area contributed by atoms with Crippen LogP contribution in [-0.2, 0) is 154 Å². The minimum absolute atomic E-state index is 0.0432. The molecule has 12 aromatic heterocycles. The Bertz CT molecular complexity index is 6820. The van der Waals surface area contributed by atoms with Crippen LogP contribution in [0, 0.1) is 0 Å². The van der Waals surface area contributed by atoms with Crippen LogP contribution in [0.2, 0.25) is 0 Å². The molecule has 0 amide bonds. The molecule has 0 aliphatic carbocycles. The summed E-state index contributed by atoms with van der Waals surface area (Å²) in [6.07, 6.45) is -28.7. The van der Waals surface area contributed by atoms with Gasteiger partial charge in [0, 0.05) is 24.8 Å². The molecule has 9 saturated heterocycles. The molecule has 0 aromatic carbocycles. The van der Waals surface area contributed by atoms with Crippen molar-refractivity contribution in [1.29, 1.82) is 0 Å². The largest absolute Gasteiger partial charge is 0.397 e. The molecule has 0 saturated carbocycles. The zero-order valence-corrected chi connectivity index (χ0v) is 76.8. The maximum atomic E-state index is 16.0. The van der Waals surface area contributed by atoms with E-state index in [1.807, 2.05) is 0 Å². The molecule has 9 aliphatic rings. The van der Waals surface area contributed by atoms with E-state index in [2.05, 4.69) is 80.4 Å². The van der Waals surface area contributed by atoms with Crippen molar-refractivity contribution in [2.45, 2.75) is 148 Å². The third-order valence-corrected chi connectivity index (χ3v) is 31.2. The van der Waals surface area contributed by atoms with Gasteiger partial charge < -0.3 is 123 Å². The van der Waals surface area contributed by atoms with Crippen molar-refractivity contribution in [3.8, 4) is 0 Å². The average Bonchev–Trinajstić information content (AvgIpc) is 1.62. The molecule has 720 valence electrons. The number of nitrogens with zero attached hydrogens (tertiary/aromatic N) is 19. The van der Waals surface area contributed by atoms with Crippen LogP contribution in [0.1, 0.15) is 37.4 Å². The highest BCUT2D eigenvalue weighted by Gasteiger charge is 2.59. The van der Waals surface area contributed by atoms with E-state index in [-0.39, 0.29) is 84.6 Å². The van der Waals surface area contributed by atoms with E-state index in [9.17, 15) is 43.7 Å². The van der Waals surface area contributed by atoms with E-state index in [1.54, 1.807) is 0 Å². The van der Waals surface area contributed by atoms with Gasteiger partial charge >= 0.3 is 40.3 Å². The summed E-state index contributed by atoms with van der Waals surface area (Å²) in [5.41, 5.74) is 29.0. The summed E-state index contributed by atoms with van der Waals surface area (Å²) in [5, 5.41) is 15.1. The first kappa shape index (κ1) is 95.3. The highest BCUT2D eigenvalue weighted by atomic mass is 32.5. The highest BCUT2D eigenvalue weighted by Crippen LogP contribution is 2.60. The molecular formula is C62H67F6N27O27P6S6. The SMILES string of the molecule is Nc1ccnc2c1ncn2[C@@H]1O[C@@H]2COP(O)(=S)O[C@@H]3[C@@H](F)[C@@H](COP(O)(=S)O[C@H]2[C@@H]1F)O[C@H]3n1cnc2c(=O)[nH]ccc21.Nc1nc2c(nnn2[C@@H]2O[C@@H]3COP(O)(=S)O[C@H]4[C@H](F)[C@H](n5cnc6c(N)ccnc65)O[C@@H]4COP(O)(=S)O[C@@H]2[C@H]3F)c(=O)[nH]1.Nc1nc2c(nnn2[C@@H]2O[C@@H]3COP(O)(=S)O[C@H]4[C@H](F)[C@H](n5cnc6c(N)ccnc65)O[C@@H]4COP(O)(=S)O[C@@H]2[C@H]3F)c(=O)[nH]1. The Kier molecular flexibility index (Phi) is 26.0. The summed E-state index contributed by atoms with van der Waals surface area (Å²) in [4.78, 5) is 147. The highest BCUT2D eigenvalue weighted by molar-refractivity contribution is 8.08. The summed E-state index contributed by atoms with van der Waals surface area (Å²) in [5.74, 6) is -0.588. The summed E-state index contributed by atoms with van der Waals surface area (Å²) < 4.78 is 203. The molecule has 134 heavy (non-hydrogen) atoms. The average molecular weight is 2110 g/mol. The standard InChI is InChI=1S/C22H23F2N7O9P2S2.2C20H22F2N10O9P2S2/c23-13-11-5-35-41(33,43)39-17-12(38-21(14(17)24)31-8-28-15-9(25)1-3-26-19(15)31)6-36-42(34,44)40-18(13)22(37-11)30-7-29-16-10(30)2-4-27-20(16)32;2*21-9-7-3-36-42(34,44)40-13-8(39-18(10(13)22)31-5-26-11-6(23)1-2-25-15(11)31)4-37-43(35,45)41-14(9)19(38-7)32-16-12(29-30-32)17(33)28-20(24)27-16/h1-4,7-8,11-14,17-18,21-22H,5-6H2,(H2,25,26)(H,27,32)(H,33,43)(H,34,44);2*1-2,5,7-10,13-14,18-19H,3-4H2,(H2,23,25)(H,34,44)(H,35,45)(H3,24,27,28,33)/t11-,12-,13+,14+,17-,18-,21-,22-,41?,42?;2*7-,8-,9+,10+,13-,14-,18-,19-,42?,43?/m111/s1. The maximum absolute atomic E-state index is 16.0. The number of anilines is 5. The van der Waals surface area contributed by atoms with Gasteiger partial charge in [-0.2, -0.15) is 19.3 Å². The Morgan fingerprint density at radius 3 is 0.978 bits per heavy atom. The normalized spacial score (nSPS) is 37.9. The second-order valence-electron chi connectivity index (χ2n) is 30.2. The van der Waals surface area contributed by atoms with Crippen LogP contribution in [0.3, 0.4) is 0 Å². The molecule has 0 spiro atoms. The summed E-state index contributed by atoms with van der Waals surface area (Å²) in [6.45, 7) is -30.0. The van der Waals surface area contributed by atoms with Crippen LogP contribution in [0.4, 0.5) is 55.3 Å². The number of ether oxygens (including phenoxy) is 6. The Hall–Kier alpha value is -7.64. The van der Waals surface area contributed by atoms with E-state index < -0.39 is 244 Å². The predicted molar refractivity (Wildman–Crippen MR) is 464 cm³/mol. The molecule has 9 aliphatic heterocycles. The van der Waals surface area contributed by atoms with Gasteiger partial charge in [-0.1, -0.05) is 10.4 Å². The summed E-state index contributed by atoms with van der Waals surface area (Å²) in [6, 6.07) is 6.08. The van der Waals surface area contributed by atoms with Crippen molar-refractivity contribution in [1.82, 2.24) is 108 Å². The second kappa shape index (κ2) is 36.5. The first-order valence-corrected chi connectivity index (χ1v) is 54.3. The fraction of sp³-hybridized carbons (Fsp3) is 0.484. The number of nitrogens with two attached hydrogens (primary N) is 5. The Balaban J connectivity index is 0.000000129. The molecule has 0 radical (unpaired) electrons. The number of aromatic amines is 3. The molecule has 54 nitrogen and oxygen atoms in total. The molecule has 30 atom stereocenters. The zero-order valence-electron chi connectivity index (χ0n) is 66.6. The van der Waals surface area contributed by atoms with Crippen molar-refractivity contribution in [2.75, 3.05) is 68.3 Å². The van der Waals surface area contributed by atoms with Gasteiger partial charge in [0.2, 0.25) is 11.9 Å². The maximum Gasteiger partial charge on any atom is 0.325 e. The number of pyridine rings is 4. The molecule has 19 N–H and O–H groups in total. The van der Waals surface area contributed by atoms with Crippen molar-refractivity contribution in [3.05, 3.63) is 105 Å². The predicted octanol–water partition coefficient (Wildman–Crippen LogP) is 1.16. The second-order valence-corrected chi connectivity index (χ2v) is 47.0. The number of alkyl halides is 6. The zero-order chi connectivity index (χ0) is 94.6. The minimum atomic E-state index is -4.37. The van der Waals surface area contributed by atoms with Gasteiger partial charge in [0.15, 0.2) is 119 Å². The first-order chi connectivity index (χ1) is 63.6. The van der Waals surface area contributed by atoms with Crippen molar-refractivity contribution < 1.29 is 138 Å². The van der Waals surface area contributed by atoms with Crippen LogP contribution in [0.15, 0.2) is 88.7 Å². The summed E-state index contributed by atoms with van der Waals surface area (Å²) >= 11 is 30.9.